The van der Waals surface area contributed by atoms with Gasteiger partial charge in [0, 0.05) is 22.5 Å². The fourth-order valence-electron chi connectivity index (χ4n) is 4.74. The average molecular weight is 447 g/mol. The van der Waals surface area contributed by atoms with Gasteiger partial charge in [-0.05, 0) is 62.1 Å². The molecule has 2 N–H and O–H groups in total. The average Bonchev–Trinajstić information content (AvgIpc) is 2.82. The molecule has 4 aromatic rings. The summed E-state index contributed by atoms with van der Waals surface area (Å²) in [7, 11) is 0. The van der Waals surface area contributed by atoms with Crippen molar-refractivity contribution >= 4 is 34.3 Å². The third kappa shape index (κ3) is 3.48. The van der Waals surface area contributed by atoms with E-state index in [0.717, 1.165) is 33.6 Å². The van der Waals surface area contributed by atoms with Gasteiger partial charge >= 0.3 is 0 Å². The summed E-state index contributed by atoms with van der Waals surface area (Å²) < 4.78 is 0. The van der Waals surface area contributed by atoms with Gasteiger partial charge in [-0.3, -0.25) is 9.59 Å². The third-order valence-electron chi connectivity index (χ3n) is 6.55. The van der Waals surface area contributed by atoms with E-state index in [1.807, 2.05) is 88.4 Å². The molecule has 0 spiro atoms. The van der Waals surface area contributed by atoms with Crippen LogP contribution in [0, 0.1) is 27.7 Å². The van der Waals surface area contributed by atoms with E-state index < -0.39 is 0 Å². The summed E-state index contributed by atoms with van der Waals surface area (Å²) in [6, 6.07) is 23.0. The molecule has 168 valence electrons. The summed E-state index contributed by atoms with van der Waals surface area (Å²) in [5.74, 6) is -0.298. The molecule has 0 saturated heterocycles. The molecule has 5 rings (SSSR count). The number of fused-ring (bicyclic) bond motifs is 2. The van der Waals surface area contributed by atoms with Gasteiger partial charge in [0.2, 0.25) is 0 Å². The zero-order chi connectivity index (χ0) is 24.0. The first-order chi connectivity index (χ1) is 16.4. The highest BCUT2D eigenvalue weighted by Crippen LogP contribution is 2.38. The highest BCUT2D eigenvalue weighted by Gasteiger charge is 2.33. The highest BCUT2D eigenvalue weighted by molar-refractivity contribution is 6.32. The molecule has 4 nitrogen and oxygen atoms in total. The molecule has 0 unspecified atom stereocenters. The number of carbonyl (C=O) groups excluding carboxylic acids is 2. The van der Waals surface area contributed by atoms with E-state index in [9.17, 15) is 9.59 Å². The lowest BCUT2D eigenvalue weighted by Gasteiger charge is -2.24. The molecule has 1 aliphatic rings. The monoisotopic (exact) mass is 446 g/mol. The van der Waals surface area contributed by atoms with Gasteiger partial charge in [0.15, 0.2) is 11.6 Å². The summed E-state index contributed by atoms with van der Waals surface area (Å²) in [5.41, 5.74) is 9.19. The van der Waals surface area contributed by atoms with Gasteiger partial charge in [0.1, 0.15) is 0 Å². The van der Waals surface area contributed by atoms with Crippen LogP contribution in [-0.2, 0) is 0 Å². The lowest BCUT2D eigenvalue weighted by atomic mass is 9.82. The Bertz CT molecular complexity index is 1330. The number of hydrogen-bond acceptors (Lipinski definition) is 4. The van der Waals surface area contributed by atoms with Crippen molar-refractivity contribution in [3.8, 4) is 0 Å². The molecule has 0 radical (unpaired) electrons. The number of hydrogen-bond donors (Lipinski definition) is 2. The molecule has 0 aliphatic heterocycles. The maximum absolute atomic E-state index is 13.8. The Morgan fingerprint density at radius 2 is 0.794 bits per heavy atom. The second-order valence-electron chi connectivity index (χ2n) is 8.90. The molecular weight excluding hydrogens is 420 g/mol. The van der Waals surface area contributed by atoms with Gasteiger partial charge in [-0.25, -0.2) is 0 Å². The first kappa shape index (κ1) is 21.7. The van der Waals surface area contributed by atoms with Crippen LogP contribution in [0.25, 0.3) is 0 Å². The number of rotatable bonds is 4. The SMILES string of the molecule is Cc1cccc(C)c1Nc1cccc2c1C(=O)c1cccc(Nc3c(C)cccc3C)c1C2=O. The van der Waals surface area contributed by atoms with Crippen molar-refractivity contribution in [2.45, 2.75) is 27.7 Å². The van der Waals surface area contributed by atoms with Crippen molar-refractivity contribution in [1.29, 1.82) is 0 Å². The van der Waals surface area contributed by atoms with Gasteiger partial charge in [-0.1, -0.05) is 60.7 Å². The minimum Gasteiger partial charge on any atom is -0.354 e. The molecule has 1 aliphatic carbocycles. The van der Waals surface area contributed by atoms with Gasteiger partial charge in [-0.15, -0.1) is 0 Å². The molecular formula is C30H26N2O2. The number of benzene rings is 4. The first-order valence-electron chi connectivity index (χ1n) is 11.4. The Balaban J connectivity index is 1.62. The van der Waals surface area contributed by atoms with Crippen molar-refractivity contribution < 1.29 is 9.59 Å². The number of para-hydroxylation sites is 2. The van der Waals surface area contributed by atoms with Crippen LogP contribution >= 0.6 is 0 Å². The molecule has 0 aromatic heterocycles. The van der Waals surface area contributed by atoms with Crippen LogP contribution in [0.15, 0.2) is 72.8 Å². The standard InChI is InChI=1S/C30H26N2O2/c1-17-9-5-10-18(2)27(17)31-23-15-7-13-21-25(23)29(33)22-14-8-16-24(26(22)30(21)34)32-28-19(3)11-6-12-20(28)4/h5-16,31-32H,1-4H3. The predicted molar refractivity (Wildman–Crippen MR) is 138 cm³/mol. The first-order valence-corrected chi connectivity index (χ1v) is 11.4. The van der Waals surface area contributed by atoms with Gasteiger partial charge in [0.25, 0.3) is 0 Å². The normalized spacial score (nSPS) is 12.2. The third-order valence-corrected chi connectivity index (χ3v) is 6.55. The van der Waals surface area contributed by atoms with E-state index in [0.29, 0.717) is 33.6 Å². The number of carbonyl (C=O) groups is 2. The second kappa shape index (κ2) is 8.31. The van der Waals surface area contributed by atoms with Crippen LogP contribution in [-0.4, -0.2) is 11.6 Å². The maximum atomic E-state index is 13.8. The molecule has 0 bridgehead atoms. The molecule has 4 aromatic carbocycles. The van der Waals surface area contributed by atoms with Crippen molar-refractivity contribution in [2.24, 2.45) is 0 Å². The Morgan fingerprint density at radius 1 is 0.471 bits per heavy atom. The van der Waals surface area contributed by atoms with E-state index in [-0.39, 0.29) is 11.6 Å². The van der Waals surface area contributed by atoms with Gasteiger partial charge in [-0.2, -0.15) is 0 Å². The molecule has 0 amide bonds. The number of anilines is 4. The van der Waals surface area contributed by atoms with Crippen LogP contribution in [0.5, 0.6) is 0 Å². The lowest BCUT2D eigenvalue weighted by molar-refractivity contribution is 0.0980. The topological polar surface area (TPSA) is 58.2 Å². The second-order valence-corrected chi connectivity index (χ2v) is 8.90. The molecule has 4 heteroatoms. The number of aryl methyl sites for hydroxylation is 4. The molecule has 0 saturated carbocycles. The summed E-state index contributed by atoms with van der Waals surface area (Å²) in [5, 5.41) is 6.86. The van der Waals surface area contributed by atoms with Crippen LogP contribution in [0.4, 0.5) is 22.7 Å². The molecule has 0 heterocycles. The van der Waals surface area contributed by atoms with E-state index in [1.165, 1.54) is 0 Å². The van der Waals surface area contributed by atoms with Crippen molar-refractivity contribution in [1.82, 2.24) is 0 Å². The number of ketones is 2. The fraction of sp³-hybridized carbons (Fsp3) is 0.133. The van der Waals surface area contributed by atoms with Crippen LogP contribution in [0.2, 0.25) is 0 Å². The summed E-state index contributed by atoms with van der Waals surface area (Å²) in [6.45, 7) is 8.11. The van der Waals surface area contributed by atoms with Gasteiger partial charge < -0.3 is 10.6 Å². The van der Waals surface area contributed by atoms with Crippen molar-refractivity contribution in [2.75, 3.05) is 10.6 Å². The summed E-state index contributed by atoms with van der Waals surface area (Å²) in [4.78, 5) is 27.5. The fourth-order valence-corrected chi connectivity index (χ4v) is 4.74. The zero-order valence-electron chi connectivity index (χ0n) is 19.7. The summed E-state index contributed by atoms with van der Waals surface area (Å²) in [6.07, 6.45) is 0. The number of nitrogens with one attached hydrogen (secondary N) is 2. The Hall–Kier alpha value is -4.18. The van der Waals surface area contributed by atoms with Gasteiger partial charge in [0.05, 0.1) is 22.5 Å². The largest absolute Gasteiger partial charge is 0.354 e. The van der Waals surface area contributed by atoms with E-state index in [1.54, 1.807) is 12.1 Å². The maximum Gasteiger partial charge on any atom is 0.196 e. The molecule has 0 atom stereocenters. The highest BCUT2D eigenvalue weighted by atomic mass is 16.1. The Morgan fingerprint density at radius 3 is 1.15 bits per heavy atom. The zero-order valence-corrected chi connectivity index (χ0v) is 19.7. The van der Waals surface area contributed by atoms with E-state index in [4.69, 9.17) is 0 Å². The molecule has 0 fully saturated rings. The van der Waals surface area contributed by atoms with Crippen molar-refractivity contribution in [3.05, 3.63) is 117 Å². The van der Waals surface area contributed by atoms with Crippen molar-refractivity contribution in [3.63, 3.8) is 0 Å². The molecule has 34 heavy (non-hydrogen) atoms. The minimum absolute atomic E-state index is 0.149. The quantitative estimate of drug-likeness (QED) is 0.307. The summed E-state index contributed by atoms with van der Waals surface area (Å²) >= 11 is 0. The van der Waals surface area contributed by atoms with Crippen LogP contribution in [0.3, 0.4) is 0 Å². The smallest absolute Gasteiger partial charge is 0.196 e. The lowest BCUT2D eigenvalue weighted by Crippen LogP contribution is -2.23. The minimum atomic E-state index is -0.149. The van der Waals surface area contributed by atoms with E-state index >= 15 is 0 Å². The van der Waals surface area contributed by atoms with Crippen LogP contribution in [0.1, 0.15) is 54.1 Å². The Labute approximate surface area is 199 Å². The van der Waals surface area contributed by atoms with E-state index in [2.05, 4.69) is 10.6 Å². The predicted octanol–water partition coefficient (Wildman–Crippen LogP) is 7.18. The van der Waals surface area contributed by atoms with Crippen LogP contribution < -0.4 is 10.6 Å². The Kier molecular flexibility index (Phi) is 5.29.